The van der Waals surface area contributed by atoms with Crippen molar-refractivity contribution in [2.45, 2.75) is 26.3 Å². The van der Waals surface area contributed by atoms with Crippen LogP contribution < -0.4 is 14.2 Å². The lowest BCUT2D eigenvalue weighted by molar-refractivity contribution is -0.127. The predicted molar refractivity (Wildman–Crippen MR) is 105 cm³/mol. The van der Waals surface area contributed by atoms with Gasteiger partial charge in [-0.3, -0.25) is 4.79 Å². The molecule has 1 amide bonds. The Hall–Kier alpha value is -2.95. The van der Waals surface area contributed by atoms with Gasteiger partial charge in [-0.2, -0.15) is 0 Å². The highest BCUT2D eigenvalue weighted by Gasteiger charge is 2.17. The summed E-state index contributed by atoms with van der Waals surface area (Å²) in [7, 11) is 1.65. The minimum Gasteiger partial charge on any atom is -0.497 e. The number of hydrogen-bond acceptors (Lipinski definition) is 4. The Labute approximate surface area is 160 Å². The van der Waals surface area contributed by atoms with E-state index in [1.54, 1.807) is 13.2 Å². The van der Waals surface area contributed by atoms with Gasteiger partial charge < -0.3 is 19.1 Å². The molecule has 1 aliphatic heterocycles. The molecule has 142 valence electrons. The predicted octanol–water partition coefficient (Wildman–Crippen LogP) is 3.92. The van der Waals surface area contributed by atoms with E-state index < -0.39 is 0 Å². The summed E-state index contributed by atoms with van der Waals surface area (Å²) < 4.78 is 15.9. The quantitative estimate of drug-likeness (QED) is 0.696. The van der Waals surface area contributed by atoms with E-state index in [0.29, 0.717) is 12.3 Å². The van der Waals surface area contributed by atoms with Gasteiger partial charge in [0, 0.05) is 18.7 Å². The van der Waals surface area contributed by atoms with Crippen LogP contribution in [0.15, 0.2) is 48.5 Å². The van der Waals surface area contributed by atoms with E-state index >= 15 is 0 Å². The van der Waals surface area contributed by atoms with Crippen LogP contribution in [0.25, 0.3) is 6.08 Å². The van der Waals surface area contributed by atoms with Gasteiger partial charge in [0.05, 0.1) is 7.11 Å². The molecule has 0 saturated heterocycles. The second-order valence-electron chi connectivity index (χ2n) is 6.47. The van der Waals surface area contributed by atoms with Crippen LogP contribution >= 0.6 is 0 Å². The van der Waals surface area contributed by atoms with Crippen LogP contribution in [-0.4, -0.2) is 37.3 Å². The molecular weight excluding hydrogens is 342 g/mol. The van der Waals surface area contributed by atoms with E-state index in [4.69, 9.17) is 14.2 Å². The number of fused-ring (bicyclic) bond motifs is 1. The molecule has 5 nitrogen and oxygen atoms in total. The number of carbonyl (C=O) groups is 1. The number of carbonyl (C=O) groups excluding carboxylic acids is 1. The van der Waals surface area contributed by atoms with Gasteiger partial charge in [-0.15, -0.1) is 0 Å². The Kier molecular flexibility index (Phi) is 6.01. The normalized spacial score (nSPS) is 13.6. The van der Waals surface area contributed by atoms with Crippen molar-refractivity contribution in [3.63, 3.8) is 0 Å². The molecule has 0 aliphatic carbocycles. The van der Waals surface area contributed by atoms with E-state index in [1.807, 2.05) is 60.4 Å². The van der Waals surface area contributed by atoms with Crippen molar-refractivity contribution in [2.75, 3.05) is 20.4 Å². The number of likely N-dealkylation sites (N-methyl/N-ethyl adjacent to an activating group) is 1. The van der Waals surface area contributed by atoms with Crippen LogP contribution in [0.5, 0.6) is 17.2 Å². The zero-order chi connectivity index (χ0) is 19.2. The molecule has 1 heterocycles. The van der Waals surface area contributed by atoms with Gasteiger partial charge in [0.25, 0.3) is 0 Å². The fourth-order valence-electron chi connectivity index (χ4n) is 3.18. The highest BCUT2D eigenvalue weighted by Crippen LogP contribution is 2.32. The van der Waals surface area contributed by atoms with E-state index in [0.717, 1.165) is 23.5 Å². The minimum atomic E-state index is -0.00354. The van der Waals surface area contributed by atoms with Crippen LogP contribution in [0.3, 0.4) is 0 Å². The van der Waals surface area contributed by atoms with E-state index in [2.05, 4.69) is 6.92 Å². The molecule has 27 heavy (non-hydrogen) atoms. The molecule has 2 aromatic rings. The Morgan fingerprint density at radius 2 is 1.93 bits per heavy atom. The average Bonchev–Trinajstić information content (AvgIpc) is 3.15. The summed E-state index contributed by atoms with van der Waals surface area (Å²) in [6, 6.07) is 13.7. The Balaban J connectivity index is 1.63. The maximum atomic E-state index is 12.7. The zero-order valence-corrected chi connectivity index (χ0v) is 16.0. The fourth-order valence-corrected chi connectivity index (χ4v) is 3.18. The fraction of sp³-hybridized carbons (Fsp3) is 0.318. The van der Waals surface area contributed by atoms with Gasteiger partial charge in [-0.1, -0.05) is 18.2 Å². The molecule has 0 aromatic heterocycles. The monoisotopic (exact) mass is 367 g/mol. The molecule has 0 saturated carbocycles. The SMILES string of the molecule is CCN(C(=O)/C=C/c1ccc2c(c1)OCO2)C(C)Cc1ccc(OC)cc1. The smallest absolute Gasteiger partial charge is 0.246 e. The van der Waals surface area contributed by atoms with Crippen molar-refractivity contribution in [2.24, 2.45) is 0 Å². The first kappa shape index (κ1) is 18.8. The summed E-state index contributed by atoms with van der Waals surface area (Å²) in [5.41, 5.74) is 2.08. The molecule has 3 rings (SSSR count). The van der Waals surface area contributed by atoms with Gasteiger partial charge in [0.2, 0.25) is 12.7 Å². The number of methoxy groups -OCH3 is 1. The summed E-state index contributed by atoms with van der Waals surface area (Å²) >= 11 is 0. The minimum absolute atomic E-state index is 0.00354. The van der Waals surface area contributed by atoms with Crippen LogP contribution in [0, 0.1) is 0 Å². The largest absolute Gasteiger partial charge is 0.497 e. The van der Waals surface area contributed by atoms with Crippen molar-refractivity contribution in [3.8, 4) is 17.2 Å². The van der Waals surface area contributed by atoms with Gasteiger partial charge in [0.1, 0.15) is 5.75 Å². The van der Waals surface area contributed by atoms with Crippen LogP contribution in [0.1, 0.15) is 25.0 Å². The van der Waals surface area contributed by atoms with Gasteiger partial charge in [-0.05, 0) is 61.7 Å². The Bertz CT molecular complexity index is 814. The number of hydrogen-bond donors (Lipinski definition) is 0. The van der Waals surface area contributed by atoms with E-state index in [1.165, 1.54) is 5.56 Å². The molecule has 0 N–H and O–H groups in total. The standard InChI is InChI=1S/C22H25NO4/c1-4-23(16(2)13-17-5-9-19(25-3)10-6-17)22(24)12-8-18-7-11-20-21(14-18)27-15-26-20/h5-12,14,16H,4,13,15H2,1-3H3/b12-8+. The second-order valence-corrected chi connectivity index (χ2v) is 6.47. The summed E-state index contributed by atoms with van der Waals surface area (Å²) in [4.78, 5) is 14.5. The Morgan fingerprint density at radius 1 is 1.19 bits per heavy atom. The van der Waals surface area contributed by atoms with Crippen LogP contribution in [-0.2, 0) is 11.2 Å². The molecule has 1 unspecified atom stereocenters. The molecule has 0 spiro atoms. The van der Waals surface area contributed by atoms with E-state index in [-0.39, 0.29) is 18.7 Å². The van der Waals surface area contributed by atoms with Crippen molar-refractivity contribution in [1.82, 2.24) is 4.90 Å². The third-order valence-corrected chi connectivity index (χ3v) is 4.66. The topological polar surface area (TPSA) is 48.0 Å². The van der Waals surface area contributed by atoms with Gasteiger partial charge in [0.15, 0.2) is 11.5 Å². The lowest BCUT2D eigenvalue weighted by Gasteiger charge is -2.27. The first-order valence-corrected chi connectivity index (χ1v) is 9.12. The van der Waals surface area contributed by atoms with E-state index in [9.17, 15) is 4.79 Å². The lowest BCUT2D eigenvalue weighted by Crippen LogP contribution is -2.38. The van der Waals surface area contributed by atoms with Crippen molar-refractivity contribution < 1.29 is 19.0 Å². The number of ether oxygens (including phenoxy) is 3. The average molecular weight is 367 g/mol. The van der Waals surface area contributed by atoms with Crippen LogP contribution in [0.2, 0.25) is 0 Å². The molecule has 1 atom stereocenters. The van der Waals surface area contributed by atoms with Crippen LogP contribution in [0.4, 0.5) is 0 Å². The first-order valence-electron chi connectivity index (χ1n) is 9.12. The number of nitrogens with zero attached hydrogens (tertiary/aromatic N) is 1. The lowest BCUT2D eigenvalue weighted by atomic mass is 10.1. The van der Waals surface area contributed by atoms with Crippen molar-refractivity contribution in [3.05, 3.63) is 59.7 Å². The highest BCUT2D eigenvalue weighted by molar-refractivity contribution is 5.92. The third-order valence-electron chi connectivity index (χ3n) is 4.66. The second kappa shape index (κ2) is 8.62. The van der Waals surface area contributed by atoms with Gasteiger partial charge in [-0.25, -0.2) is 0 Å². The van der Waals surface area contributed by atoms with Crippen molar-refractivity contribution in [1.29, 1.82) is 0 Å². The summed E-state index contributed by atoms with van der Waals surface area (Å²) in [5, 5.41) is 0. The maximum Gasteiger partial charge on any atom is 0.246 e. The molecule has 2 aromatic carbocycles. The summed E-state index contributed by atoms with van der Waals surface area (Å²) in [5.74, 6) is 2.28. The summed E-state index contributed by atoms with van der Waals surface area (Å²) in [6.07, 6.45) is 4.22. The highest BCUT2D eigenvalue weighted by atomic mass is 16.7. The number of benzene rings is 2. The molecule has 5 heteroatoms. The molecule has 0 fully saturated rings. The number of rotatable bonds is 7. The summed E-state index contributed by atoms with van der Waals surface area (Å²) in [6.45, 7) is 4.96. The molecule has 0 bridgehead atoms. The number of amides is 1. The van der Waals surface area contributed by atoms with Crippen molar-refractivity contribution >= 4 is 12.0 Å². The molecule has 1 aliphatic rings. The Morgan fingerprint density at radius 3 is 2.63 bits per heavy atom. The maximum absolute atomic E-state index is 12.7. The zero-order valence-electron chi connectivity index (χ0n) is 16.0. The van der Waals surface area contributed by atoms with Gasteiger partial charge >= 0.3 is 0 Å². The third kappa shape index (κ3) is 4.61. The molecule has 0 radical (unpaired) electrons. The molecular formula is C22H25NO4. The first-order chi connectivity index (χ1) is 13.1.